The quantitative estimate of drug-likeness (QED) is 0.847. The number of hydrogen-bond acceptors (Lipinski definition) is 2. The lowest BCUT2D eigenvalue weighted by atomic mass is 9.94. The van der Waals surface area contributed by atoms with Crippen molar-refractivity contribution in [2.24, 2.45) is 0 Å². The molecular formula is C17H24F2N2O. The van der Waals surface area contributed by atoms with Gasteiger partial charge in [-0.05, 0) is 57.7 Å². The molecule has 0 aliphatic heterocycles. The SMILES string of the molecule is CC(=O)NC(C)(C)CC(C)NC1(c2cc(F)cc(F)c2)CC1. The molecule has 0 radical (unpaired) electrons. The highest BCUT2D eigenvalue weighted by Crippen LogP contribution is 2.46. The summed E-state index contributed by atoms with van der Waals surface area (Å²) in [5, 5.41) is 6.40. The zero-order chi connectivity index (χ0) is 16.5. The van der Waals surface area contributed by atoms with Crippen LogP contribution in [0.4, 0.5) is 8.78 Å². The standard InChI is InChI=1S/C17H24F2N2O/c1-11(10-16(3,4)21-12(2)22)20-17(5-6-17)13-7-14(18)9-15(19)8-13/h7-9,11,20H,5-6,10H2,1-4H3,(H,21,22). The fourth-order valence-electron chi connectivity index (χ4n) is 3.29. The first-order valence-electron chi connectivity index (χ1n) is 7.65. The predicted octanol–water partition coefficient (Wildman–Crippen LogP) is 3.24. The van der Waals surface area contributed by atoms with Crippen molar-refractivity contribution in [3.8, 4) is 0 Å². The van der Waals surface area contributed by atoms with Gasteiger partial charge in [-0.2, -0.15) is 0 Å². The first-order chi connectivity index (χ1) is 10.1. The Hall–Kier alpha value is -1.49. The number of hydrogen-bond donors (Lipinski definition) is 2. The molecule has 22 heavy (non-hydrogen) atoms. The largest absolute Gasteiger partial charge is 0.351 e. The number of halogens is 2. The Balaban J connectivity index is 2.04. The zero-order valence-corrected chi connectivity index (χ0v) is 13.6. The Morgan fingerprint density at radius 3 is 2.27 bits per heavy atom. The van der Waals surface area contributed by atoms with Crippen LogP contribution in [0, 0.1) is 11.6 Å². The average molecular weight is 310 g/mol. The molecule has 1 amide bonds. The molecule has 3 nitrogen and oxygen atoms in total. The van der Waals surface area contributed by atoms with Gasteiger partial charge < -0.3 is 10.6 Å². The Morgan fingerprint density at radius 1 is 1.27 bits per heavy atom. The number of carbonyl (C=O) groups excluding carboxylic acids is 1. The van der Waals surface area contributed by atoms with Crippen molar-refractivity contribution in [3.05, 3.63) is 35.4 Å². The molecule has 1 aromatic carbocycles. The molecule has 0 heterocycles. The van der Waals surface area contributed by atoms with Crippen molar-refractivity contribution in [2.75, 3.05) is 0 Å². The van der Waals surface area contributed by atoms with E-state index in [4.69, 9.17) is 0 Å². The maximum Gasteiger partial charge on any atom is 0.217 e. The third-order valence-electron chi connectivity index (χ3n) is 4.02. The molecule has 1 fully saturated rings. The third-order valence-corrected chi connectivity index (χ3v) is 4.02. The van der Waals surface area contributed by atoms with E-state index in [0.717, 1.165) is 25.3 Å². The summed E-state index contributed by atoms with van der Waals surface area (Å²) in [7, 11) is 0. The molecule has 5 heteroatoms. The molecule has 1 saturated carbocycles. The van der Waals surface area contributed by atoms with Crippen molar-refractivity contribution in [3.63, 3.8) is 0 Å². The van der Waals surface area contributed by atoms with E-state index < -0.39 is 11.6 Å². The molecule has 0 saturated heterocycles. The van der Waals surface area contributed by atoms with Crippen LogP contribution in [0.5, 0.6) is 0 Å². The Kier molecular flexibility index (Phi) is 4.57. The van der Waals surface area contributed by atoms with E-state index >= 15 is 0 Å². The molecule has 0 bridgehead atoms. The van der Waals surface area contributed by atoms with Gasteiger partial charge >= 0.3 is 0 Å². The maximum atomic E-state index is 13.4. The monoisotopic (exact) mass is 310 g/mol. The molecule has 0 aromatic heterocycles. The second kappa shape index (κ2) is 5.95. The van der Waals surface area contributed by atoms with E-state index in [1.165, 1.54) is 19.1 Å². The lowest BCUT2D eigenvalue weighted by Gasteiger charge is -2.32. The van der Waals surface area contributed by atoms with Gasteiger partial charge in [-0.15, -0.1) is 0 Å². The lowest BCUT2D eigenvalue weighted by Crippen LogP contribution is -2.48. The van der Waals surface area contributed by atoms with E-state index in [1.807, 2.05) is 20.8 Å². The number of carbonyl (C=O) groups is 1. The van der Waals surface area contributed by atoms with Gasteiger partial charge in [0, 0.05) is 30.1 Å². The van der Waals surface area contributed by atoms with Crippen molar-refractivity contribution in [1.29, 1.82) is 0 Å². The summed E-state index contributed by atoms with van der Waals surface area (Å²) in [5.74, 6) is -1.16. The van der Waals surface area contributed by atoms with Crippen molar-refractivity contribution in [1.82, 2.24) is 10.6 Å². The molecule has 2 N–H and O–H groups in total. The van der Waals surface area contributed by atoms with Gasteiger partial charge in [-0.3, -0.25) is 4.79 Å². The summed E-state index contributed by atoms with van der Waals surface area (Å²) in [6.07, 6.45) is 2.45. The highest BCUT2D eigenvalue weighted by atomic mass is 19.1. The van der Waals surface area contributed by atoms with Crippen LogP contribution in [0.25, 0.3) is 0 Å². The van der Waals surface area contributed by atoms with Gasteiger partial charge in [-0.25, -0.2) is 8.78 Å². The highest BCUT2D eigenvalue weighted by molar-refractivity contribution is 5.73. The Labute approximate surface area is 130 Å². The summed E-state index contributed by atoms with van der Waals surface area (Å²) in [4.78, 5) is 11.2. The summed E-state index contributed by atoms with van der Waals surface area (Å²) in [6.45, 7) is 7.46. The number of nitrogens with one attached hydrogen (secondary N) is 2. The molecule has 1 aliphatic carbocycles. The van der Waals surface area contributed by atoms with Gasteiger partial charge in [0.05, 0.1) is 0 Å². The topological polar surface area (TPSA) is 41.1 Å². The number of amides is 1. The van der Waals surface area contributed by atoms with Gasteiger partial charge in [0.15, 0.2) is 0 Å². The smallest absolute Gasteiger partial charge is 0.217 e. The van der Waals surface area contributed by atoms with Crippen molar-refractivity contribution < 1.29 is 13.6 Å². The van der Waals surface area contributed by atoms with Crippen molar-refractivity contribution in [2.45, 2.75) is 64.1 Å². The molecule has 1 unspecified atom stereocenters. The minimum atomic E-state index is -0.547. The maximum absolute atomic E-state index is 13.4. The van der Waals surface area contributed by atoms with Crippen LogP contribution in [0.3, 0.4) is 0 Å². The first kappa shape index (κ1) is 16.9. The fourth-order valence-corrected chi connectivity index (χ4v) is 3.29. The molecular weight excluding hydrogens is 286 g/mol. The van der Waals surface area contributed by atoms with E-state index in [1.54, 1.807) is 0 Å². The molecule has 2 rings (SSSR count). The first-order valence-corrected chi connectivity index (χ1v) is 7.65. The van der Waals surface area contributed by atoms with Crippen LogP contribution in [-0.4, -0.2) is 17.5 Å². The lowest BCUT2D eigenvalue weighted by molar-refractivity contribution is -0.120. The molecule has 1 aliphatic rings. The Morgan fingerprint density at radius 2 is 1.82 bits per heavy atom. The Bertz CT molecular complexity index is 548. The minimum absolute atomic E-state index is 0.0643. The normalized spacial score (nSPS) is 17.9. The van der Waals surface area contributed by atoms with Crippen LogP contribution in [-0.2, 0) is 10.3 Å². The van der Waals surface area contributed by atoms with E-state index in [2.05, 4.69) is 10.6 Å². The molecule has 122 valence electrons. The van der Waals surface area contributed by atoms with E-state index in [-0.39, 0.29) is 23.0 Å². The van der Waals surface area contributed by atoms with Gasteiger partial charge in [0.1, 0.15) is 11.6 Å². The second-order valence-corrected chi connectivity index (χ2v) is 7.05. The third kappa shape index (κ3) is 4.26. The van der Waals surface area contributed by atoms with E-state index in [0.29, 0.717) is 5.56 Å². The van der Waals surface area contributed by atoms with E-state index in [9.17, 15) is 13.6 Å². The van der Waals surface area contributed by atoms with Crippen LogP contribution in [0.15, 0.2) is 18.2 Å². The zero-order valence-electron chi connectivity index (χ0n) is 13.6. The van der Waals surface area contributed by atoms with Crippen LogP contribution >= 0.6 is 0 Å². The second-order valence-electron chi connectivity index (χ2n) is 7.05. The van der Waals surface area contributed by atoms with Gasteiger partial charge in [0.25, 0.3) is 0 Å². The summed E-state index contributed by atoms with van der Waals surface area (Å²) in [5.41, 5.74) is -0.00918. The molecule has 1 aromatic rings. The summed E-state index contributed by atoms with van der Waals surface area (Å²) < 4.78 is 26.8. The summed E-state index contributed by atoms with van der Waals surface area (Å²) in [6, 6.07) is 3.79. The fraction of sp³-hybridized carbons (Fsp3) is 0.588. The van der Waals surface area contributed by atoms with Gasteiger partial charge in [0.2, 0.25) is 5.91 Å². The number of benzene rings is 1. The van der Waals surface area contributed by atoms with Crippen LogP contribution in [0.1, 0.15) is 52.5 Å². The highest BCUT2D eigenvalue weighted by Gasteiger charge is 2.45. The predicted molar refractivity (Wildman–Crippen MR) is 82.4 cm³/mol. The average Bonchev–Trinajstić information content (AvgIpc) is 3.05. The van der Waals surface area contributed by atoms with Crippen LogP contribution in [0.2, 0.25) is 0 Å². The molecule has 0 spiro atoms. The van der Waals surface area contributed by atoms with Crippen molar-refractivity contribution >= 4 is 5.91 Å². The van der Waals surface area contributed by atoms with Crippen LogP contribution < -0.4 is 10.6 Å². The molecule has 1 atom stereocenters. The minimum Gasteiger partial charge on any atom is -0.351 e. The number of rotatable bonds is 6. The summed E-state index contributed by atoms with van der Waals surface area (Å²) >= 11 is 0. The van der Waals surface area contributed by atoms with Gasteiger partial charge in [-0.1, -0.05) is 0 Å².